The average Bonchev–Trinajstić information content (AvgIpc) is 3.13. The Bertz CT molecular complexity index is 413. The Morgan fingerprint density at radius 2 is 2.05 bits per heavy atom. The van der Waals surface area contributed by atoms with Crippen LogP contribution >= 0.6 is 0 Å². The van der Waals surface area contributed by atoms with E-state index in [1.165, 1.54) is 7.11 Å². The summed E-state index contributed by atoms with van der Waals surface area (Å²) in [5.41, 5.74) is 0.0359. The minimum absolute atomic E-state index is 0.00155. The third-order valence-corrected chi connectivity index (χ3v) is 4.70. The Morgan fingerprint density at radius 1 is 1.32 bits per heavy atom. The third-order valence-electron chi connectivity index (χ3n) is 4.70. The van der Waals surface area contributed by atoms with Gasteiger partial charge in [-0.1, -0.05) is 20.8 Å². The molecular formula is C16H28N2O4. The molecule has 2 heterocycles. The Labute approximate surface area is 132 Å². The zero-order chi connectivity index (χ0) is 16.3. The highest BCUT2D eigenvalue weighted by molar-refractivity contribution is 5.86. The van der Waals surface area contributed by atoms with Crippen LogP contribution < -0.4 is 5.32 Å². The molecule has 0 bridgehead atoms. The Hall–Kier alpha value is -1.30. The number of rotatable bonds is 3. The van der Waals surface area contributed by atoms with Gasteiger partial charge in [-0.25, -0.2) is 4.79 Å². The van der Waals surface area contributed by atoms with Gasteiger partial charge in [0.15, 0.2) is 0 Å². The maximum absolute atomic E-state index is 13.0. The van der Waals surface area contributed by atoms with Gasteiger partial charge in [-0.05, 0) is 24.7 Å². The maximum atomic E-state index is 13.0. The molecular weight excluding hydrogens is 284 g/mol. The number of carbonyl (C=O) groups is 2. The highest BCUT2D eigenvalue weighted by Gasteiger charge is 2.42. The molecule has 126 valence electrons. The number of alkyl carbamates (subject to hydrolysis) is 1. The molecule has 0 aromatic carbocycles. The SMILES string of the molecule is COC(=O)NC(C(=O)N1CCCC1C(C)(C)C)C1CCOC1. The van der Waals surface area contributed by atoms with Crippen LogP contribution in [-0.4, -0.2) is 55.9 Å². The fourth-order valence-electron chi connectivity index (χ4n) is 3.49. The summed E-state index contributed by atoms with van der Waals surface area (Å²) in [5, 5.41) is 2.72. The quantitative estimate of drug-likeness (QED) is 0.862. The molecule has 0 aromatic heterocycles. The normalized spacial score (nSPS) is 26.8. The number of carbonyl (C=O) groups excluding carboxylic acids is 2. The molecule has 2 aliphatic rings. The fourth-order valence-corrected chi connectivity index (χ4v) is 3.49. The molecule has 1 N–H and O–H groups in total. The summed E-state index contributed by atoms with van der Waals surface area (Å²) in [6.45, 7) is 8.38. The van der Waals surface area contributed by atoms with Gasteiger partial charge in [-0.2, -0.15) is 0 Å². The molecule has 3 unspecified atom stereocenters. The fraction of sp³-hybridized carbons (Fsp3) is 0.875. The molecule has 2 rings (SSSR count). The minimum atomic E-state index is -0.559. The second-order valence-electron chi connectivity index (χ2n) is 7.29. The Morgan fingerprint density at radius 3 is 2.59 bits per heavy atom. The van der Waals surface area contributed by atoms with E-state index in [0.29, 0.717) is 13.2 Å². The first-order valence-electron chi connectivity index (χ1n) is 8.07. The lowest BCUT2D eigenvalue weighted by Gasteiger charge is -2.37. The van der Waals surface area contributed by atoms with Crippen LogP contribution in [0.4, 0.5) is 4.79 Å². The molecule has 2 fully saturated rings. The summed E-state index contributed by atoms with van der Waals surface area (Å²) in [6, 6.07) is -0.345. The van der Waals surface area contributed by atoms with Crippen molar-refractivity contribution in [3.05, 3.63) is 0 Å². The number of hydrogen-bond donors (Lipinski definition) is 1. The van der Waals surface area contributed by atoms with Gasteiger partial charge in [0.1, 0.15) is 6.04 Å². The van der Waals surface area contributed by atoms with E-state index in [4.69, 9.17) is 4.74 Å². The molecule has 6 nitrogen and oxygen atoms in total. The van der Waals surface area contributed by atoms with Crippen LogP contribution in [0.5, 0.6) is 0 Å². The lowest BCUT2D eigenvalue weighted by atomic mass is 9.84. The number of likely N-dealkylation sites (tertiary alicyclic amines) is 1. The molecule has 2 aliphatic heterocycles. The monoisotopic (exact) mass is 312 g/mol. The van der Waals surface area contributed by atoms with Crippen LogP contribution in [0.1, 0.15) is 40.0 Å². The Balaban J connectivity index is 2.15. The summed E-state index contributed by atoms with van der Waals surface area (Å²) in [6.07, 6.45) is 2.26. The van der Waals surface area contributed by atoms with Crippen molar-refractivity contribution in [1.82, 2.24) is 10.2 Å². The molecule has 6 heteroatoms. The van der Waals surface area contributed by atoms with Crippen LogP contribution in [-0.2, 0) is 14.3 Å². The van der Waals surface area contributed by atoms with Crippen molar-refractivity contribution in [2.24, 2.45) is 11.3 Å². The van der Waals surface area contributed by atoms with Crippen molar-refractivity contribution in [2.75, 3.05) is 26.9 Å². The van der Waals surface area contributed by atoms with Crippen molar-refractivity contribution < 1.29 is 19.1 Å². The van der Waals surface area contributed by atoms with Gasteiger partial charge in [0.2, 0.25) is 5.91 Å². The standard InChI is InChI=1S/C16H28N2O4/c1-16(2,3)12-6-5-8-18(12)14(19)13(17-15(20)21-4)11-7-9-22-10-11/h11-13H,5-10H2,1-4H3,(H,17,20). The third kappa shape index (κ3) is 3.72. The van der Waals surface area contributed by atoms with Crippen LogP contribution in [0.25, 0.3) is 0 Å². The minimum Gasteiger partial charge on any atom is -0.453 e. The molecule has 3 atom stereocenters. The van der Waals surface area contributed by atoms with Gasteiger partial charge in [0, 0.05) is 25.1 Å². The van der Waals surface area contributed by atoms with Gasteiger partial charge in [-0.15, -0.1) is 0 Å². The van der Waals surface area contributed by atoms with E-state index in [-0.39, 0.29) is 23.3 Å². The number of hydrogen-bond acceptors (Lipinski definition) is 4. The smallest absolute Gasteiger partial charge is 0.407 e. The average molecular weight is 312 g/mol. The predicted octanol–water partition coefficient (Wildman–Crippen LogP) is 1.78. The van der Waals surface area contributed by atoms with Crippen molar-refractivity contribution in [1.29, 1.82) is 0 Å². The maximum Gasteiger partial charge on any atom is 0.407 e. The van der Waals surface area contributed by atoms with Gasteiger partial charge in [-0.3, -0.25) is 4.79 Å². The topological polar surface area (TPSA) is 67.9 Å². The van der Waals surface area contributed by atoms with E-state index in [9.17, 15) is 9.59 Å². The second-order valence-corrected chi connectivity index (χ2v) is 7.29. The molecule has 2 saturated heterocycles. The highest BCUT2D eigenvalue weighted by atomic mass is 16.5. The molecule has 0 aliphatic carbocycles. The number of amides is 2. The van der Waals surface area contributed by atoms with E-state index in [0.717, 1.165) is 25.8 Å². The first-order valence-corrected chi connectivity index (χ1v) is 8.07. The van der Waals surface area contributed by atoms with E-state index < -0.39 is 12.1 Å². The van der Waals surface area contributed by atoms with Crippen molar-refractivity contribution in [3.8, 4) is 0 Å². The molecule has 2 amide bonds. The first kappa shape index (κ1) is 17.1. The molecule has 0 spiro atoms. The van der Waals surface area contributed by atoms with Crippen LogP contribution in [0.3, 0.4) is 0 Å². The van der Waals surface area contributed by atoms with Crippen LogP contribution in [0, 0.1) is 11.3 Å². The van der Waals surface area contributed by atoms with Crippen LogP contribution in [0.15, 0.2) is 0 Å². The van der Waals surface area contributed by atoms with Crippen molar-refractivity contribution in [2.45, 2.75) is 52.1 Å². The zero-order valence-electron chi connectivity index (χ0n) is 14.1. The first-order chi connectivity index (χ1) is 10.3. The number of nitrogens with zero attached hydrogens (tertiary/aromatic N) is 1. The number of nitrogens with one attached hydrogen (secondary N) is 1. The van der Waals surface area contributed by atoms with Gasteiger partial charge in [0.05, 0.1) is 13.7 Å². The molecule has 0 saturated carbocycles. The summed E-state index contributed by atoms with van der Waals surface area (Å²) in [7, 11) is 1.32. The molecule has 22 heavy (non-hydrogen) atoms. The van der Waals surface area contributed by atoms with Crippen molar-refractivity contribution in [3.63, 3.8) is 0 Å². The summed E-state index contributed by atoms with van der Waals surface area (Å²) < 4.78 is 10.1. The van der Waals surface area contributed by atoms with E-state index in [1.807, 2.05) is 4.90 Å². The molecule has 0 aromatic rings. The number of methoxy groups -OCH3 is 1. The lowest BCUT2D eigenvalue weighted by Crippen LogP contribution is -2.55. The summed E-state index contributed by atoms with van der Waals surface area (Å²) >= 11 is 0. The highest BCUT2D eigenvalue weighted by Crippen LogP contribution is 2.34. The van der Waals surface area contributed by atoms with Crippen molar-refractivity contribution >= 4 is 12.0 Å². The summed E-state index contributed by atoms with van der Waals surface area (Å²) in [4.78, 5) is 26.6. The summed E-state index contributed by atoms with van der Waals surface area (Å²) in [5.74, 6) is 0.0196. The lowest BCUT2D eigenvalue weighted by molar-refractivity contribution is -0.137. The van der Waals surface area contributed by atoms with E-state index in [2.05, 4.69) is 30.8 Å². The van der Waals surface area contributed by atoms with E-state index >= 15 is 0 Å². The molecule has 0 radical (unpaired) electrons. The van der Waals surface area contributed by atoms with Gasteiger partial charge >= 0.3 is 6.09 Å². The van der Waals surface area contributed by atoms with Gasteiger partial charge in [0.25, 0.3) is 0 Å². The van der Waals surface area contributed by atoms with Crippen LogP contribution in [0.2, 0.25) is 0 Å². The second kappa shape index (κ2) is 6.86. The largest absolute Gasteiger partial charge is 0.453 e. The predicted molar refractivity (Wildman–Crippen MR) is 82.4 cm³/mol. The van der Waals surface area contributed by atoms with E-state index in [1.54, 1.807) is 0 Å². The Kier molecular flexibility index (Phi) is 5.32. The number of ether oxygens (including phenoxy) is 2. The zero-order valence-corrected chi connectivity index (χ0v) is 14.1. The van der Waals surface area contributed by atoms with Gasteiger partial charge < -0.3 is 19.7 Å².